The van der Waals surface area contributed by atoms with E-state index >= 15 is 0 Å². The summed E-state index contributed by atoms with van der Waals surface area (Å²) in [6, 6.07) is -0.888. The van der Waals surface area contributed by atoms with E-state index in [2.05, 4.69) is 10.1 Å². The number of esters is 1. The largest absolute Gasteiger partial charge is 0.464 e. The van der Waals surface area contributed by atoms with E-state index in [4.69, 9.17) is 5.11 Å². The van der Waals surface area contributed by atoms with Crippen molar-refractivity contribution in [3.8, 4) is 0 Å². The van der Waals surface area contributed by atoms with Crippen LogP contribution in [0.1, 0.15) is 27.7 Å². The Bertz CT molecular complexity index is 211. The zero-order chi connectivity index (χ0) is 12.7. The summed E-state index contributed by atoms with van der Waals surface area (Å²) in [4.78, 5) is 11.1. The minimum absolute atomic E-state index is 0.0858. The van der Waals surface area contributed by atoms with Crippen LogP contribution in [0.25, 0.3) is 0 Å². The van der Waals surface area contributed by atoms with Gasteiger partial charge in [0.05, 0.1) is 13.2 Å². The zero-order valence-corrected chi connectivity index (χ0v) is 10.4. The van der Waals surface area contributed by atoms with Crippen LogP contribution in [0.4, 0.5) is 4.39 Å². The molecule has 16 heavy (non-hydrogen) atoms. The number of carbonyl (C=O) groups excluding carboxylic acids is 1. The van der Waals surface area contributed by atoms with E-state index in [0.29, 0.717) is 0 Å². The Morgan fingerprint density at radius 2 is 2.00 bits per heavy atom. The average molecular weight is 235 g/mol. The number of aliphatic hydroxyl groups excluding tert-OH is 1. The predicted octanol–water partition coefficient (Wildman–Crippen LogP) is 0.883. The molecule has 0 aliphatic rings. The number of carbonyl (C=O) groups is 1. The van der Waals surface area contributed by atoms with Crippen molar-refractivity contribution in [2.75, 3.05) is 13.2 Å². The fourth-order valence-electron chi connectivity index (χ4n) is 1.30. The van der Waals surface area contributed by atoms with Gasteiger partial charge in [0.25, 0.3) is 0 Å². The minimum Gasteiger partial charge on any atom is -0.464 e. The Hall–Kier alpha value is -0.680. The highest BCUT2D eigenvalue weighted by Crippen LogP contribution is 2.07. The molecule has 2 unspecified atom stereocenters. The van der Waals surface area contributed by atoms with Gasteiger partial charge in [-0.25, -0.2) is 9.18 Å². The summed E-state index contributed by atoms with van der Waals surface area (Å²) in [5.74, 6) is -0.690. The molecule has 0 saturated carbocycles. The molecule has 0 aliphatic heterocycles. The van der Waals surface area contributed by atoms with E-state index in [1.807, 2.05) is 13.8 Å². The third kappa shape index (κ3) is 4.90. The van der Waals surface area contributed by atoms with Gasteiger partial charge in [0.2, 0.25) is 6.17 Å². The van der Waals surface area contributed by atoms with Crippen molar-refractivity contribution in [3.05, 3.63) is 0 Å². The molecule has 0 amide bonds. The molecule has 96 valence electrons. The van der Waals surface area contributed by atoms with Crippen molar-refractivity contribution in [1.29, 1.82) is 0 Å². The first-order chi connectivity index (χ1) is 7.43. The lowest BCUT2D eigenvalue weighted by atomic mass is 10.0. The molecular weight excluding hydrogens is 213 g/mol. The van der Waals surface area contributed by atoms with Crippen LogP contribution in [-0.4, -0.2) is 42.5 Å². The number of hydrogen-bond donors (Lipinski definition) is 2. The van der Waals surface area contributed by atoms with Gasteiger partial charge in [-0.05, 0) is 19.8 Å². The standard InChI is InChI=1S/C11H22FNO3/c1-5-16-11(15)10(12)8(4)13-9(6-14)7(2)3/h7-10,13-14H,5-6H2,1-4H3/t8?,9-,10?/m1/s1. The van der Waals surface area contributed by atoms with Crippen LogP contribution in [0, 0.1) is 5.92 Å². The summed E-state index contributed by atoms with van der Waals surface area (Å²) >= 11 is 0. The number of hydrogen-bond acceptors (Lipinski definition) is 4. The zero-order valence-electron chi connectivity index (χ0n) is 10.4. The second-order valence-electron chi connectivity index (χ2n) is 4.14. The van der Waals surface area contributed by atoms with Crippen LogP contribution in [0.15, 0.2) is 0 Å². The quantitative estimate of drug-likeness (QED) is 0.643. The Labute approximate surface area is 96.2 Å². The average Bonchev–Trinajstić information content (AvgIpc) is 2.24. The number of halogens is 1. The molecule has 3 atom stereocenters. The SMILES string of the molecule is CCOC(=O)C(F)C(C)N[C@H](CO)C(C)C. The van der Waals surface area contributed by atoms with Crippen LogP contribution in [0.3, 0.4) is 0 Å². The topological polar surface area (TPSA) is 58.6 Å². The van der Waals surface area contributed by atoms with Gasteiger partial charge in [0, 0.05) is 12.1 Å². The van der Waals surface area contributed by atoms with E-state index < -0.39 is 18.2 Å². The summed E-state index contributed by atoms with van der Waals surface area (Å²) < 4.78 is 18.1. The van der Waals surface area contributed by atoms with E-state index in [0.717, 1.165) is 0 Å². The van der Waals surface area contributed by atoms with E-state index in [-0.39, 0.29) is 25.2 Å². The normalized spacial score (nSPS) is 16.9. The third-order valence-electron chi connectivity index (χ3n) is 2.43. The van der Waals surface area contributed by atoms with Crippen LogP contribution in [-0.2, 0) is 9.53 Å². The number of ether oxygens (including phenoxy) is 1. The molecule has 0 rings (SSSR count). The maximum absolute atomic E-state index is 13.5. The molecule has 2 N–H and O–H groups in total. The fraction of sp³-hybridized carbons (Fsp3) is 0.909. The van der Waals surface area contributed by atoms with E-state index in [9.17, 15) is 9.18 Å². The summed E-state index contributed by atoms with van der Waals surface area (Å²) in [6.45, 7) is 7.10. The maximum atomic E-state index is 13.5. The molecular formula is C11H22FNO3. The molecule has 4 nitrogen and oxygen atoms in total. The molecule has 0 aliphatic carbocycles. The van der Waals surface area contributed by atoms with Gasteiger partial charge in [-0.15, -0.1) is 0 Å². The maximum Gasteiger partial charge on any atom is 0.342 e. The third-order valence-corrected chi connectivity index (χ3v) is 2.43. The van der Waals surface area contributed by atoms with E-state index in [1.54, 1.807) is 13.8 Å². The molecule has 0 heterocycles. The lowest BCUT2D eigenvalue weighted by Crippen LogP contribution is -2.48. The Kier molecular flexibility index (Phi) is 7.25. The highest BCUT2D eigenvalue weighted by atomic mass is 19.1. The smallest absolute Gasteiger partial charge is 0.342 e. The van der Waals surface area contributed by atoms with Crippen LogP contribution in [0.2, 0.25) is 0 Å². The number of rotatable bonds is 7. The van der Waals surface area contributed by atoms with Gasteiger partial charge in [0.1, 0.15) is 0 Å². The number of nitrogens with one attached hydrogen (secondary N) is 1. The van der Waals surface area contributed by atoms with Crippen molar-refractivity contribution < 1.29 is 19.0 Å². The van der Waals surface area contributed by atoms with Gasteiger partial charge in [-0.2, -0.15) is 0 Å². The fourth-order valence-corrected chi connectivity index (χ4v) is 1.30. The van der Waals surface area contributed by atoms with Crippen LogP contribution >= 0.6 is 0 Å². The molecule has 0 fully saturated rings. The first-order valence-electron chi connectivity index (χ1n) is 5.61. The summed E-state index contributed by atoms with van der Waals surface area (Å²) in [7, 11) is 0. The number of aliphatic hydroxyl groups is 1. The van der Waals surface area contributed by atoms with E-state index in [1.165, 1.54) is 0 Å². The molecule has 0 spiro atoms. The molecule has 0 aromatic rings. The monoisotopic (exact) mass is 235 g/mol. The molecule has 5 heteroatoms. The lowest BCUT2D eigenvalue weighted by molar-refractivity contribution is -0.150. The van der Waals surface area contributed by atoms with Crippen LogP contribution in [0.5, 0.6) is 0 Å². The van der Waals surface area contributed by atoms with Gasteiger partial charge in [0.15, 0.2) is 0 Å². The first kappa shape index (κ1) is 15.3. The molecule has 0 aromatic heterocycles. The van der Waals surface area contributed by atoms with Crippen molar-refractivity contribution in [2.45, 2.75) is 46.0 Å². The van der Waals surface area contributed by atoms with Crippen molar-refractivity contribution in [3.63, 3.8) is 0 Å². The van der Waals surface area contributed by atoms with Crippen LogP contribution < -0.4 is 5.32 Å². The number of alkyl halides is 1. The van der Waals surface area contributed by atoms with Crippen molar-refractivity contribution >= 4 is 5.97 Å². The molecule has 0 radical (unpaired) electrons. The highest BCUT2D eigenvalue weighted by Gasteiger charge is 2.28. The first-order valence-corrected chi connectivity index (χ1v) is 5.61. The van der Waals surface area contributed by atoms with Crippen molar-refractivity contribution in [2.24, 2.45) is 5.92 Å². The Morgan fingerprint density at radius 1 is 1.44 bits per heavy atom. The predicted molar refractivity (Wildman–Crippen MR) is 59.8 cm³/mol. The Morgan fingerprint density at radius 3 is 2.38 bits per heavy atom. The van der Waals surface area contributed by atoms with Gasteiger partial charge in [-0.3, -0.25) is 0 Å². The van der Waals surface area contributed by atoms with Gasteiger partial charge in [-0.1, -0.05) is 13.8 Å². The summed E-state index contributed by atoms with van der Waals surface area (Å²) in [5.41, 5.74) is 0. The Balaban J connectivity index is 4.22. The lowest BCUT2D eigenvalue weighted by Gasteiger charge is -2.25. The second-order valence-corrected chi connectivity index (χ2v) is 4.14. The minimum atomic E-state index is -1.70. The van der Waals surface area contributed by atoms with Gasteiger partial charge < -0.3 is 15.2 Å². The molecule has 0 aromatic carbocycles. The molecule has 0 bridgehead atoms. The molecule has 0 saturated heterocycles. The second kappa shape index (κ2) is 7.57. The summed E-state index contributed by atoms with van der Waals surface area (Å²) in [6.07, 6.45) is -1.70. The van der Waals surface area contributed by atoms with Gasteiger partial charge >= 0.3 is 5.97 Å². The summed E-state index contributed by atoms with van der Waals surface area (Å²) in [5, 5.41) is 11.9. The van der Waals surface area contributed by atoms with Crippen molar-refractivity contribution in [1.82, 2.24) is 5.32 Å². The highest BCUT2D eigenvalue weighted by molar-refractivity contribution is 5.75.